The van der Waals surface area contributed by atoms with E-state index in [9.17, 15) is 17.6 Å². The number of nitrogens with one attached hydrogen (secondary N) is 1. The summed E-state index contributed by atoms with van der Waals surface area (Å²) < 4.78 is 57.7. The second kappa shape index (κ2) is 7.48. The van der Waals surface area contributed by atoms with Crippen LogP contribution >= 0.6 is 15.9 Å². The summed E-state index contributed by atoms with van der Waals surface area (Å²) in [4.78, 5) is 1.42. The minimum atomic E-state index is -3.05. The molecule has 0 aliphatic carbocycles. The van der Waals surface area contributed by atoms with Crippen LogP contribution in [-0.2, 0) is 6.42 Å². The van der Waals surface area contributed by atoms with Crippen molar-refractivity contribution in [1.29, 1.82) is 5.41 Å². The Morgan fingerprint density at radius 3 is 2.43 bits per heavy atom. The first-order chi connectivity index (χ1) is 13.0. The van der Waals surface area contributed by atoms with E-state index in [0.717, 1.165) is 25.3 Å². The van der Waals surface area contributed by atoms with Gasteiger partial charge in [-0.25, -0.2) is 17.6 Å². The van der Waals surface area contributed by atoms with Gasteiger partial charge in [0.2, 0.25) is 0 Å². The third-order valence-electron chi connectivity index (χ3n) is 5.04. The van der Waals surface area contributed by atoms with Gasteiger partial charge in [0.05, 0.1) is 12.6 Å². The minimum absolute atomic E-state index is 0.222. The van der Waals surface area contributed by atoms with Crippen LogP contribution in [0.1, 0.15) is 42.1 Å². The SMILES string of the molecule is C[C@@H]1Cc2c(ccc(N)c2C=N)C(c2c(F)cc(Br)cc2F)N1CC(C)(F)F. The Labute approximate surface area is 169 Å². The maximum absolute atomic E-state index is 14.8. The van der Waals surface area contributed by atoms with Gasteiger partial charge in [0.15, 0.2) is 0 Å². The first-order valence-corrected chi connectivity index (χ1v) is 9.52. The molecule has 2 aromatic carbocycles. The molecule has 1 aliphatic heterocycles. The van der Waals surface area contributed by atoms with E-state index in [1.165, 1.54) is 4.90 Å². The number of nitrogens with two attached hydrogens (primary N) is 1. The lowest BCUT2D eigenvalue weighted by molar-refractivity contribution is -0.0371. The predicted molar refractivity (Wildman–Crippen MR) is 105 cm³/mol. The molecular formula is C20H20BrF4N3. The molecule has 8 heteroatoms. The predicted octanol–water partition coefficient (Wildman–Crippen LogP) is 5.30. The van der Waals surface area contributed by atoms with Gasteiger partial charge in [0.1, 0.15) is 11.6 Å². The van der Waals surface area contributed by atoms with Gasteiger partial charge in [0, 0.05) is 40.5 Å². The molecule has 150 valence electrons. The highest BCUT2D eigenvalue weighted by Crippen LogP contribution is 2.43. The standard InChI is InChI=1S/C20H20BrF4N3/c1-10-5-13-12(3-4-17(27)14(13)8-26)19(28(10)9-20(2,24)25)18-15(22)6-11(21)7-16(18)23/h3-4,6-8,10,19,26H,5,9,27H2,1-2H3/t10-,19?/m1/s1. The second-order valence-corrected chi connectivity index (χ2v) is 8.18. The lowest BCUT2D eigenvalue weighted by atomic mass is 9.82. The van der Waals surface area contributed by atoms with Gasteiger partial charge < -0.3 is 11.1 Å². The molecule has 1 heterocycles. The fraction of sp³-hybridized carbons (Fsp3) is 0.350. The highest BCUT2D eigenvalue weighted by atomic mass is 79.9. The quantitative estimate of drug-likeness (QED) is 0.371. The maximum atomic E-state index is 14.8. The average Bonchev–Trinajstić information content (AvgIpc) is 2.55. The van der Waals surface area contributed by atoms with E-state index in [2.05, 4.69) is 15.9 Å². The van der Waals surface area contributed by atoms with Crippen LogP contribution < -0.4 is 5.73 Å². The van der Waals surface area contributed by atoms with Crippen molar-refractivity contribution in [3.63, 3.8) is 0 Å². The molecule has 2 aromatic rings. The van der Waals surface area contributed by atoms with Crippen molar-refractivity contribution >= 4 is 27.8 Å². The van der Waals surface area contributed by atoms with Gasteiger partial charge in [-0.3, -0.25) is 4.90 Å². The van der Waals surface area contributed by atoms with Gasteiger partial charge in [-0.15, -0.1) is 0 Å². The zero-order valence-electron chi connectivity index (χ0n) is 15.4. The number of hydrogen-bond donors (Lipinski definition) is 2. The number of hydrogen-bond acceptors (Lipinski definition) is 3. The summed E-state index contributed by atoms with van der Waals surface area (Å²) in [5, 5.41) is 7.67. The number of halogens is 5. The number of rotatable bonds is 4. The maximum Gasteiger partial charge on any atom is 0.257 e. The number of nitrogens with zero attached hydrogens (tertiary/aromatic N) is 1. The van der Waals surface area contributed by atoms with Crippen molar-refractivity contribution in [2.45, 2.75) is 38.3 Å². The molecule has 3 nitrogen and oxygen atoms in total. The summed E-state index contributed by atoms with van der Waals surface area (Å²) in [5.41, 5.74) is 7.63. The van der Waals surface area contributed by atoms with Crippen molar-refractivity contribution in [2.24, 2.45) is 0 Å². The molecule has 0 spiro atoms. The Balaban J connectivity index is 2.30. The molecule has 3 N–H and O–H groups in total. The van der Waals surface area contributed by atoms with E-state index in [-0.39, 0.29) is 10.0 Å². The van der Waals surface area contributed by atoms with Crippen LogP contribution in [0, 0.1) is 17.0 Å². The van der Waals surface area contributed by atoms with Gasteiger partial charge in [-0.05, 0) is 42.7 Å². The monoisotopic (exact) mass is 457 g/mol. The summed E-state index contributed by atoms with van der Waals surface area (Å²) in [6.07, 6.45) is 1.44. The molecule has 2 atom stereocenters. The molecule has 1 aliphatic rings. The Morgan fingerprint density at radius 1 is 1.29 bits per heavy atom. The summed E-state index contributed by atoms with van der Waals surface area (Å²) in [6, 6.07) is 3.89. The number of benzene rings is 2. The first kappa shape index (κ1) is 20.8. The van der Waals surface area contributed by atoms with Crippen LogP contribution in [-0.4, -0.2) is 29.6 Å². The number of fused-ring (bicyclic) bond motifs is 1. The summed E-state index contributed by atoms with van der Waals surface area (Å²) in [5.74, 6) is -4.70. The number of anilines is 1. The van der Waals surface area contributed by atoms with Gasteiger partial charge in [-0.1, -0.05) is 22.0 Å². The van der Waals surface area contributed by atoms with E-state index in [1.54, 1.807) is 19.1 Å². The number of nitrogen functional groups attached to an aromatic ring is 1. The fourth-order valence-corrected chi connectivity index (χ4v) is 4.31. The van der Waals surface area contributed by atoms with E-state index < -0.39 is 36.2 Å². The van der Waals surface area contributed by atoms with Crippen LogP contribution in [0.4, 0.5) is 23.2 Å². The summed E-state index contributed by atoms with van der Waals surface area (Å²) in [7, 11) is 0. The highest BCUT2D eigenvalue weighted by molar-refractivity contribution is 9.10. The minimum Gasteiger partial charge on any atom is -0.398 e. The summed E-state index contributed by atoms with van der Waals surface area (Å²) >= 11 is 3.05. The van der Waals surface area contributed by atoms with Crippen LogP contribution in [0.2, 0.25) is 0 Å². The van der Waals surface area contributed by atoms with Crippen LogP contribution in [0.15, 0.2) is 28.7 Å². The molecular weight excluding hydrogens is 438 g/mol. The summed E-state index contributed by atoms with van der Waals surface area (Å²) in [6.45, 7) is 1.86. The Kier molecular flexibility index (Phi) is 5.55. The van der Waals surface area contributed by atoms with E-state index in [4.69, 9.17) is 11.1 Å². The molecule has 0 saturated heterocycles. The Morgan fingerprint density at radius 2 is 1.89 bits per heavy atom. The van der Waals surface area contributed by atoms with Gasteiger partial charge >= 0.3 is 0 Å². The van der Waals surface area contributed by atoms with Crippen molar-refractivity contribution < 1.29 is 17.6 Å². The third-order valence-corrected chi connectivity index (χ3v) is 5.50. The lowest BCUT2D eigenvalue weighted by Gasteiger charge is -2.44. The number of alkyl halides is 2. The molecule has 0 amide bonds. The van der Waals surface area contributed by atoms with E-state index in [0.29, 0.717) is 28.8 Å². The van der Waals surface area contributed by atoms with Crippen molar-refractivity contribution in [2.75, 3.05) is 12.3 Å². The highest BCUT2D eigenvalue weighted by Gasteiger charge is 2.41. The van der Waals surface area contributed by atoms with Crippen molar-refractivity contribution in [3.05, 3.63) is 62.6 Å². The molecule has 0 radical (unpaired) electrons. The second-order valence-electron chi connectivity index (χ2n) is 7.26. The van der Waals surface area contributed by atoms with Crippen LogP contribution in [0.5, 0.6) is 0 Å². The van der Waals surface area contributed by atoms with Gasteiger partial charge in [0.25, 0.3) is 5.92 Å². The van der Waals surface area contributed by atoms with Gasteiger partial charge in [-0.2, -0.15) is 0 Å². The van der Waals surface area contributed by atoms with Crippen molar-refractivity contribution in [1.82, 2.24) is 4.90 Å². The zero-order valence-corrected chi connectivity index (χ0v) is 17.0. The molecule has 0 fully saturated rings. The fourth-order valence-electron chi connectivity index (χ4n) is 3.90. The molecule has 3 rings (SSSR count). The average molecular weight is 458 g/mol. The zero-order chi connectivity index (χ0) is 20.8. The smallest absolute Gasteiger partial charge is 0.257 e. The van der Waals surface area contributed by atoms with Crippen LogP contribution in [0.3, 0.4) is 0 Å². The normalized spacial score (nSPS) is 20.1. The molecule has 0 bridgehead atoms. The van der Waals surface area contributed by atoms with E-state index in [1.807, 2.05) is 0 Å². The first-order valence-electron chi connectivity index (χ1n) is 8.73. The largest absolute Gasteiger partial charge is 0.398 e. The molecule has 28 heavy (non-hydrogen) atoms. The van der Waals surface area contributed by atoms with Crippen molar-refractivity contribution in [3.8, 4) is 0 Å². The lowest BCUT2D eigenvalue weighted by Crippen LogP contribution is -2.48. The topological polar surface area (TPSA) is 53.1 Å². The van der Waals surface area contributed by atoms with Crippen LogP contribution in [0.25, 0.3) is 0 Å². The molecule has 0 aromatic heterocycles. The Bertz CT molecular complexity index is 903. The third kappa shape index (κ3) is 3.80. The Hall–Kier alpha value is -1.93. The van der Waals surface area contributed by atoms with E-state index >= 15 is 0 Å². The molecule has 0 saturated carbocycles. The molecule has 1 unspecified atom stereocenters.